The molecule has 0 heterocycles. The second-order valence-electron chi connectivity index (χ2n) is 5.45. The fourth-order valence-corrected chi connectivity index (χ4v) is 2.38. The summed E-state index contributed by atoms with van der Waals surface area (Å²) in [5.41, 5.74) is 1.01. The van der Waals surface area contributed by atoms with Crippen molar-refractivity contribution in [2.75, 3.05) is 20.2 Å². The molecule has 142 valence electrons. The number of nitrogens with one attached hydrogen (secondary N) is 2. The normalized spacial score (nSPS) is 10.8. The number of halogens is 2. The van der Waals surface area contributed by atoms with E-state index in [-0.39, 0.29) is 29.9 Å². The van der Waals surface area contributed by atoms with E-state index in [4.69, 9.17) is 11.6 Å². The van der Waals surface area contributed by atoms with Gasteiger partial charge in [-0.2, -0.15) is 0 Å². The van der Waals surface area contributed by atoms with Crippen LogP contribution >= 0.6 is 35.6 Å². The Balaban J connectivity index is 0.00000576. The van der Waals surface area contributed by atoms with E-state index in [1.807, 2.05) is 31.2 Å². The van der Waals surface area contributed by atoms with Gasteiger partial charge in [0.15, 0.2) is 5.96 Å². The monoisotopic (exact) mass is 481 g/mol. The molecule has 25 heavy (non-hydrogen) atoms. The van der Waals surface area contributed by atoms with Crippen molar-refractivity contribution >= 4 is 47.5 Å². The summed E-state index contributed by atoms with van der Waals surface area (Å²) in [6.07, 6.45) is 4.54. The molecule has 0 aliphatic carbocycles. The average Bonchev–Trinajstić information content (AvgIpc) is 2.59. The first-order valence-corrected chi connectivity index (χ1v) is 8.87. The Morgan fingerprint density at radius 1 is 1.16 bits per heavy atom. The lowest BCUT2D eigenvalue weighted by molar-refractivity contribution is -0.140. The zero-order valence-corrected chi connectivity index (χ0v) is 18.1. The molecule has 2 N–H and O–H groups in total. The lowest BCUT2D eigenvalue weighted by atomic mass is 10.1. The molecule has 0 atom stereocenters. The van der Waals surface area contributed by atoms with Crippen molar-refractivity contribution in [3.63, 3.8) is 0 Å². The van der Waals surface area contributed by atoms with E-state index in [1.54, 1.807) is 0 Å². The third-order valence-electron chi connectivity index (χ3n) is 3.54. The highest BCUT2D eigenvalue weighted by molar-refractivity contribution is 14.0. The SMILES string of the molecule is CCNC(=NCc1ccccc1Cl)NCCCCCCC(=O)OC.I. The third kappa shape index (κ3) is 11.3. The predicted molar refractivity (Wildman–Crippen MR) is 115 cm³/mol. The van der Waals surface area contributed by atoms with Gasteiger partial charge in [0.05, 0.1) is 13.7 Å². The van der Waals surface area contributed by atoms with Crippen molar-refractivity contribution in [1.82, 2.24) is 10.6 Å². The smallest absolute Gasteiger partial charge is 0.305 e. The van der Waals surface area contributed by atoms with Gasteiger partial charge in [0.1, 0.15) is 0 Å². The lowest BCUT2D eigenvalue weighted by Gasteiger charge is -2.11. The Kier molecular flexibility index (Phi) is 14.6. The Labute approximate surface area is 173 Å². The van der Waals surface area contributed by atoms with Crippen LogP contribution in [0.5, 0.6) is 0 Å². The summed E-state index contributed by atoms with van der Waals surface area (Å²) in [5, 5.41) is 7.30. The fraction of sp³-hybridized carbons (Fsp3) is 0.556. The Hall–Kier alpha value is -1.02. The standard InChI is InChI=1S/C18H28ClN3O2.HI/c1-3-20-18(22-14-15-10-7-8-11-16(15)19)21-13-9-5-4-6-12-17(23)24-2;/h7-8,10-11H,3-6,9,12-14H2,1-2H3,(H2,20,21,22);1H. The molecule has 0 fully saturated rings. The second-order valence-corrected chi connectivity index (χ2v) is 5.86. The number of carbonyl (C=O) groups excluding carboxylic acids is 1. The molecule has 0 saturated carbocycles. The van der Waals surface area contributed by atoms with E-state index >= 15 is 0 Å². The van der Waals surface area contributed by atoms with E-state index in [2.05, 4.69) is 20.4 Å². The van der Waals surface area contributed by atoms with Crippen molar-refractivity contribution < 1.29 is 9.53 Å². The quantitative estimate of drug-likeness (QED) is 0.173. The minimum atomic E-state index is -0.130. The van der Waals surface area contributed by atoms with E-state index in [0.29, 0.717) is 13.0 Å². The summed E-state index contributed by atoms with van der Waals surface area (Å²) in [5.74, 6) is 0.668. The van der Waals surface area contributed by atoms with Crippen LogP contribution in [-0.2, 0) is 16.1 Å². The first kappa shape index (κ1) is 24.0. The Morgan fingerprint density at radius 2 is 1.88 bits per heavy atom. The third-order valence-corrected chi connectivity index (χ3v) is 3.91. The number of esters is 1. The summed E-state index contributed by atoms with van der Waals surface area (Å²) < 4.78 is 4.62. The van der Waals surface area contributed by atoms with Crippen molar-refractivity contribution in [1.29, 1.82) is 0 Å². The van der Waals surface area contributed by atoms with Crippen LogP contribution in [0.4, 0.5) is 0 Å². The zero-order chi connectivity index (χ0) is 17.6. The minimum absolute atomic E-state index is 0. The van der Waals surface area contributed by atoms with Crippen LogP contribution in [0.15, 0.2) is 29.3 Å². The molecule has 0 spiro atoms. The number of aliphatic imine (C=N–C) groups is 1. The summed E-state index contributed by atoms with van der Waals surface area (Å²) >= 11 is 6.15. The number of benzene rings is 1. The number of methoxy groups -OCH3 is 1. The second kappa shape index (κ2) is 15.3. The molecule has 0 radical (unpaired) electrons. The number of unbranched alkanes of at least 4 members (excludes halogenated alkanes) is 3. The molecule has 0 saturated heterocycles. The number of carbonyl (C=O) groups is 1. The molecular weight excluding hydrogens is 453 g/mol. The van der Waals surface area contributed by atoms with E-state index in [9.17, 15) is 4.79 Å². The molecular formula is C18H29ClIN3O2. The molecule has 0 amide bonds. The molecule has 0 aromatic heterocycles. The summed E-state index contributed by atoms with van der Waals surface area (Å²) in [4.78, 5) is 15.6. The van der Waals surface area contributed by atoms with Gasteiger partial charge in [-0.05, 0) is 31.4 Å². The van der Waals surface area contributed by atoms with Gasteiger partial charge in [-0.15, -0.1) is 24.0 Å². The lowest BCUT2D eigenvalue weighted by Crippen LogP contribution is -2.37. The topological polar surface area (TPSA) is 62.7 Å². The maximum absolute atomic E-state index is 11.0. The number of hydrogen-bond acceptors (Lipinski definition) is 3. The van der Waals surface area contributed by atoms with E-state index < -0.39 is 0 Å². The molecule has 1 rings (SSSR count). The van der Waals surface area contributed by atoms with Crippen LogP contribution < -0.4 is 10.6 Å². The Morgan fingerprint density at radius 3 is 2.56 bits per heavy atom. The molecule has 1 aromatic rings. The molecule has 0 bridgehead atoms. The highest BCUT2D eigenvalue weighted by Crippen LogP contribution is 2.15. The maximum atomic E-state index is 11.0. The summed E-state index contributed by atoms with van der Waals surface area (Å²) in [6, 6.07) is 7.74. The molecule has 0 aliphatic heterocycles. The number of guanidine groups is 1. The van der Waals surface area contributed by atoms with Gasteiger partial charge in [0.25, 0.3) is 0 Å². The van der Waals surface area contributed by atoms with Gasteiger partial charge in [0, 0.05) is 24.5 Å². The van der Waals surface area contributed by atoms with Gasteiger partial charge in [-0.1, -0.05) is 42.6 Å². The number of ether oxygens (including phenoxy) is 1. The first-order chi connectivity index (χ1) is 11.7. The van der Waals surface area contributed by atoms with E-state index in [1.165, 1.54) is 7.11 Å². The molecule has 0 unspecified atom stereocenters. The Bertz CT molecular complexity index is 527. The van der Waals surface area contributed by atoms with Gasteiger partial charge < -0.3 is 15.4 Å². The van der Waals surface area contributed by atoms with E-state index in [0.717, 1.165) is 55.3 Å². The van der Waals surface area contributed by atoms with Gasteiger partial charge in [-0.3, -0.25) is 4.79 Å². The van der Waals surface area contributed by atoms with Crippen molar-refractivity contribution in [3.8, 4) is 0 Å². The van der Waals surface area contributed by atoms with Crippen LogP contribution in [-0.4, -0.2) is 32.1 Å². The molecule has 5 nitrogen and oxygen atoms in total. The zero-order valence-electron chi connectivity index (χ0n) is 15.0. The number of rotatable bonds is 10. The van der Waals surface area contributed by atoms with Gasteiger partial charge in [-0.25, -0.2) is 4.99 Å². The number of nitrogens with zero attached hydrogens (tertiary/aromatic N) is 1. The minimum Gasteiger partial charge on any atom is -0.469 e. The van der Waals surface area contributed by atoms with Crippen LogP contribution in [0, 0.1) is 0 Å². The maximum Gasteiger partial charge on any atom is 0.305 e. The summed E-state index contributed by atoms with van der Waals surface area (Å²) in [6.45, 7) is 4.26. The largest absolute Gasteiger partial charge is 0.469 e. The summed E-state index contributed by atoms with van der Waals surface area (Å²) in [7, 11) is 1.43. The van der Waals surface area contributed by atoms with Crippen LogP contribution in [0.1, 0.15) is 44.6 Å². The van der Waals surface area contributed by atoms with Crippen LogP contribution in [0.3, 0.4) is 0 Å². The highest BCUT2D eigenvalue weighted by Gasteiger charge is 2.01. The average molecular weight is 482 g/mol. The molecule has 1 aromatic carbocycles. The predicted octanol–water partition coefficient (Wildman–Crippen LogP) is 4.14. The van der Waals surface area contributed by atoms with Crippen LogP contribution in [0.25, 0.3) is 0 Å². The van der Waals surface area contributed by atoms with Crippen molar-refractivity contribution in [3.05, 3.63) is 34.9 Å². The first-order valence-electron chi connectivity index (χ1n) is 8.49. The van der Waals surface area contributed by atoms with Gasteiger partial charge >= 0.3 is 5.97 Å². The van der Waals surface area contributed by atoms with Gasteiger partial charge in [0.2, 0.25) is 0 Å². The highest BCUT2D eigenvalue weighted by atomic mass is 127. The van der Waals surface area contributed by atoms with Crippen molar-refractivity contribution in [2.24, 2.45) is 4.99 Å². The van der Waals surface area contributed by atoms with Crippen LogP contribution in [0.2, 0.25) is 5.02 Å². The molecule has 7 heteroatoms. The fourth-order valence-electron chi connectivity index (χ4n) is 2.19. The van der Waals surface area contributed by atoms with Crippen molar-refractivity contribution in [2.45, 2.75) is 45.6 Å². The number of hydrogen-bond donors (Lipinski definition) is 2. The molecule has 0 aliphatic rings.